The van der Waals surface area contributed by atoms with Crippen molar-refractivity contribution in [2.75, 3.05) is 0 Å². The minimum Gasteiger partial charge on any atom is -0.102 e. The first-order valence-corrected chi connectivity index (χ1v) is 3.46. The lowest BCUT2D eigenvalue weighted by Gasteiger charge is -2.12. The summed E-state index contributed by atoms with van der Waals surface area (Å²) >= 11 is 0. The predicted molar refractivity (Wildman–Crippen MR) is 47.9 cm³/mol. The average Bonchev–Trinajstić information content (AvgIpc) is 1.85. The summed E-state index contributed by atoms with van der Waals surface area (Å²) < 4.78 is 0. The molecule has 0 rings (SSSR count). The Kier molecular flexibility index (Phi) is 3.14. The maximum atomic E-state index is 3.77. The molecule has 0 unspecified atom stereocenters. The fourth-order valence-corrected chi connectivity index (χ4v) is 0.425. The fraction of sp³-hybridized carbons (Fsp3) is 0.400. The summed E-state index contributed by atoms with van der Waals surface area (Å²) in [6.07, 6.45) is 6.04. The highest BCUT2D eigenvalue weighted by molar-refractivity contribution is 5.16. The van der Waals surface area contributed by atoms with Crippen LogP contribution in [-0.4, -0.2) is 0 Å². The zero-order valence-corrected chi connectivity index (χ0v) is 7.15. The molecule has 0 bridgehead atoms. The van der Waals surface area contributed by atoms with Crippen molar-refractivity contribution in [3.63, 3.8) is 0 Å². The second-order valence-corrected chi connectivity index (χ2v) is 3.21. The highest BCUT2D eigenvalue weighted by Gasteiger charge is 2.05. The van der Waals surface area contributed by atoms with Gasteiger partial charge in [-0.25, -0.2) is 0 Å². The molecule has 0 heteroatoms. The minimum absolute atomic E-state index is 0.0962. The van der Waals surface area contributed by atoms with Crippen molar-refractivity contribution in [2.45, 2.75) is 20.8 Å². The van der Waals surface area contributed by atoms with Crippen LogP contribution >= 0.6 is 0 Å². The Balaban J connectivity index is 4.12. The molecule has 0 aromatic heterocycles. The van der Waals surface area contributed by atoms with Crippen molar-refractivity contribution in [3.8, 4) is 0 Å². The molecule has 0 aromatic rings. The van der Waals surface area contributed by atoms with E-state index in [0.29, 0.717) is 0 Å². The van der Waals surface area contributed by atoms with Gasteiger partial charge in [-0.15, -0.1) is 6.58 Å². The highest BCUT2D eigenvalue weighted by atomic mass is 14.1. The van der Waals surface area contributed by atoms with Crippen molar-refractivity contribution >= 4 is 0 Å². The van der Waals surface area contributed by atoms with Crippen LogP contribution in [0.15, 0.2) is 37.0 Å². The van der Waals surface area contributed by atoms with Gasteiger partial charge < -0.3 is 0 Å². The Bertz CT molecular complexity index is 159. The van der Waals surface area contributed by atoms with Gasteiger partial charge in [0.25, 0.3) is 0 Å². The molecule has 0 saturated heterocycles. The summed E-state index contributed by atoms with van der Waals surface area (Å²) in [5, 5.41) is 0. The number of hydrogen-bond acceptors (Lipinski definition) is 0. The van der Waals surface area contributed by atoms with E-state index >= 15 is 0 Å². The van der Waals surface area contributed by atoms with Crippen molar-refractivity contribution in [2.24, 2.45) is 5.41 Å². The van der Waals surface area contributed by atoms with Crippen LogP contribution in [0.4, 0.5) is 0 Å². The summed E-state index contributed by atoms with van der Waals surface area (Å²) in [6, 6.07) is 0. The van der Waals surface area contributed by atoms with Crippen molar-refractivity contribution < 1.29 is 0 Å². The molecule has 0 N–H and O–H groups in total. The lowest BCUT2D eigenvalue weighted by atomic mass is 9.93. The molecule has 10 heavy (non-hydrogen) atoms. The van der Waals surface area contributed by atoms with E-state index in [2.05, 4.69) is 33.1 Å². The van der Waals surface area contributed by atoms with E-state index in [4.69, 9.17) is 0 Å². The molecule has 0 aliphatic rings. The van der Waals surface area contributed by atoms with Crippen LogP contribution < -0.4 is 0 Å². The zero-order chi connectivity index (χ0) is 8.20. The SMILES string of the molecule is C=CC(C)(C)/C=C/C(=C)C. The van der Waals surface area contributed by atoms with Crippen LogP contribution in [0.2, 0.25) is 0 Å². The number of allylic oxidation sites excluding steroid dienone is 4. The van der Waals surface area contributed by atoms with Gasteiger partial charge in [0.05, 0.1) is 0 Å². The molecule has 0 radical (unpaired) electrons. The van der Waals surface area contributed by atoms with Crippen LogP contribution in [0, 0.1) is 5.41 Å². The van der Waals surface area contributed by atoms with Gasteiger partial charge in [-0.1, -0.05) is 44.2 Å². The molecule has 0 heterocycles. The molecule has 0 fully saturated rings. The fourth-order valence-electron chi connectivity index (χ4n) is 0.425. The Hall–Kier alpha value is -0.780. The van der Waals surface area contributed by atoms with E-state index in [1.807, 2.05) is 19.1 Å². The van der Waals surface area contributed by atoms with E-state index in [9.17, 15) is 0 Å². The quantitative estimate of drug-likeness (QED) is 0.412. The maximum Gasteiger partial charge on any atom is 0.000494 e. The first-order chi connectivity index (χ1) is 4.48. The molecule has 0 nitrogen and oxygen atoms in total. The van der Waals surface area contributed by atoms with Crippen LogP contribution in [-0.2, 0) is 0 Å². The Morgan fingerprint density at radius 3 is 2.20 bits per heavy atom. The van der Waals surface area contributed by atoms with Crippen LogP contribution in [0.5, 0.6) is 0 Å². The van der Waals surface area contributed by atoms with Gasteiger partial charge in [0.1, 0.15) is 0 Å². The first kappa shape index (κ1) is 9.22. The molecule has 0 spiro atoms. The number of rotatable bonds is 3. The van der Waals surface area contributed by atoms with Crippen LogP contribution in [0.25, 0.3) is 0 Å². The third-order valence-electron chi connectivity index (χ3n) is 1.32. The largest absolute Gasteiger partial charge is 0.102 e. The zero-order valence-electron chi connectivity index (χ0n) is 7.15. The summed E-state index contributed by atoms with van der Waals surface area (Å²) in [4.78, 5) is 0. The Morgan fingerprint density at radius 2 is 1.90 bits per heavy atom. The average molecular weight is 136 g/mol. The van der Waals surface area contributed by atoms with Gasteiger partial charge in [0, 0.05) is 5.41 Å². The third kappa shape index (κ3) is 4.13. The summed E-state index contributed by atoms with van der Waals surface area (Å²) in [5.41, 5.74) is 1.17. The van der Waals surface area contributed by atoms with E-state index in [1.54, 1.807) is 0 Å². The lowest BCUT2D eigenvalue weighted by Crippen LogP contribution is -2.00. The van der Waals surface area contributed by atoms with Gasteiger partial charge in [-0.3, -0.25) is 0 Å². The molecule has 0 aliphatic carbocycles. The van der Waals surface area contributed by atoms with E-state index in [0.717, 1.165) is 5.57 Å². The van der Waals surface area contributed by atoms with Crippen molar-refractivity contribution in [3.05, 3.63) is 37.0 Å². The van der Waals surface area contributed by atoms with Gasteiger partial charge >= 0.3 is 0 Å². The van der Waals surface area contributed by atoms with Gasteiger partial charge in [0.2, 0.25) is 0 Å². The molecule has 0 saturated carbocycles. The Labute approximate surface area is 64.0 Å². The first-order valence-electron chi connectivity index (χ1n) is 3.46. The van der Waals surface area contributed by atoms with Crippen LogP contribution in [0.3, 0.4) is 0 Å². The minimum atomic E-state index is 0.0962. The smallest absolute Gasteiger partial charge is 0.000494 e. The molecule has 0 atom stereocenters. The predicted octanol–water partition coefficient (Wildman–Crippen LogP) is 3.33. The summed E-state index contributed by atoms with van der Waals surface area (Å²) in [6.45, 7) is 13.7. The van der Waals surface area contributed by atoms with Crippen molar-refractivity contribution in [1.29, 1.82) is 0 Å². The normalized spacial score (nSPS) is 11.9. The maximum absolute atomic E-state index is 3.77. The van der Waals surface area contributed by atoms with E-state index < -0.39 is 0 Å². The standard InChI is InChI=1S/C10H16/c1-6-10(4,5)8-7-9(2)3/h6-8H,1-2H2,3-5H3/b8-7+. The van der Waals surface area contributed by atoms with E-state index in [1.165, 1.54) is 0 Å². The number of hydrogen-bond donors (Lipinski definition) is 0. The molecule has 0 aliphatic heterocycles. The third-order valence-corrected chi connectivity index (χ3v) is 1.32. The van der Waals surface area contributed by atoms with Crippen molar-refractivity contribution in [1.82, 2.24) is 0 Å². The molecule has 0 amide bonds. The van der Waals surface area contributed by atoms with Gasteiger partial charge in [-0.2, -0.15) is 0 Å². The van der Waals surface area contributed by atoms with E-state index in [-0.39, 0.29) is 5.41 Å². The van der Waals surface area contributed by atoms with Gasteiger partial charge in [0.15, 0.2) is 0 Å². The molecular weight excluding hydrogens is 120 g/mol. The second kappa shape index (κ2) is 3.40. The molecular formula is C10H16. The Morgan fingerprint density at radius 1 is 1.40 bits per heavy atom. The summed E-state index contributed by atoms with van der Waals surface area (Å²) in [7, 11) is 0. The highest BCUT2D eigenvalue weighted by Crippen LogP contribution is 2.18. The monoisotopic (exact) mass is 136 g/mol. The lowest BCUT2D eigenvalue weighted by molar-refractivity contribution is 0.627. The van der Waals surface area contributed by atoms with Gasteiger partial charge in [-0.05, 0) is 6.92 Å². The second-order valence-electron chi connectivity index (χ2n) is 3.21. The summed E-state index contributed by atoms with van der Waals surface area (Å²) in [5.74, 6) is 0. The molecule has 0 aromatic carbocycles. The van der Waals surface area contributed by atoms with Crippen LogP contribution in [0.1, 0.15) is 20.8 Å². The topological polar surface area (TPSA) is 0 Å². The molecule has 56 valence electrons.